The zero-order chi connectivity index (χ0) is 17.6. The van der Waals surface area contributed by atoms with Gasteiger partial charge in [0.2, 0.25) is 0 Å². The molecule has 7 heteroatoms. The van der Waals surface area contributed by atoms with Crippen LogP contribution >= 0.6 is 0 Å². The van der Waals surface area contributed by atoms with E-state index < -0.39 is 0 Å². The number of hydrogen-bond donors (Lipinski definition) is 0. The van der Waals surface area contributed by atoms with Crippen LogP contribution in [0.3, 0.4) is 0 Å². The molecule has 0 radical (unpaired) electrons. The molecule has 0 spiro atoms. The molecule has 0 aliphatic carbocycles. The van der Waals surface area contributed by atoms with Crippen molar-refractivity contribution < 1.29 is 66.5 Å². The number of carbonyl (C=O) groups excluding carboxylic acids is 6. The number of ketones is 6. The van der Waals surface area contributed by atoms with Crippen molar-refractivity contribution in [3.8, 4) is 0 Å². The fourth-order valence-electron chi connectivity index (χ4n) is 1.05. The Bertz CT molecular complexity index is 314. The van der Waals surface area contributed by atoms with Gasteiger partial charge in [-0.3, -0.25) is 28.8 Å². The minimum Gasteiger partial charge on any atom is -0.300 e. The average Bonchev–Trinajstić information content (AvgIpc) is 2.10. The second-order valence-electron chi connectivity index (χ2n) is 4.74. The van der Waals surface area contributed by atoms with E-state index in [4.69, 9.17) is 0 Å². The Morgan fingerprint density at radius 3 is 0.500 bits per heavy atom. The minimum atomic E-state index is -0.0625. The maximum atomic E-state index is 10.0. The van der Waals surface area contributed by atoms with Gasteiger partial charge in [0.1, 0.15) is 34.7 Å². The van der Waals surface area contributed by atoms with Gasteiger partial charge < -0.3 is 0 Å². The van der Waals surface area contributed by atoms with Gasteiger partial charge >= 0.3 is 37.7 Å². The van der Waals surface area contributed by atoms with E-state index in [0.717, 1.165) is 0 Å². The molecule has 0 aromatic rings. The van der Waals surface area contributed by atoms with Crippen LogP contribution in [0.2, 0.25) is 0 Å². The van der Waals surface area contributed by atoms with Crippen molar-refractivity contribution in [2.45, 2.75) is 60.8 Å². The van der Waals surface area contributed by atoms with Crippen LogP contribution in [0.15, 0.2) is 0 Å². The summed E-state index contributed by atoms with van der Waals surface area (Å²) in [7, 11) is 0. The molecule has 22 heavy (non-hydrogen) atoms. The molecule has 0 aromatic carbocycles. The zero-order valence-corrected chi connectivity index (χ0v) is 15.8. The zero-order valence-electron chi connectivity index (χ0n) is 13.9. The van der Waals surface area contributed by atoms with E-state index >= 15 is 0 Å². The maximum absolute atomic E-state index is 10.0. The van der Waals surface area contributed by atoms with Gasteiger partial charge in [0, 0.05) is 0 Å². The van der Waals surface area contributed by atoms with Crippen molar-refractivity contribution >= 4 is 34.7 Å². The van der Waals surface area contributed by atoms with Gasteiger partial charge in [-0.25, -0.2) is 0 Å². The summed E-state index contributed by atoms with van der Waals surface area (Å²) in [6.07, 6.45) is 0.250. The topological polar surface area (TPSA) is 102 Å². The van der Waals surface area contributed by atoms with Crippen LogP contribution in [0.4, 0.5) is 0 Å². The first-order chi connectivity index (χ1) is 9.38. The van der Waals surface area contributed by atoms with Gasteiger partial charge in [-0.1, -0.05) is 0 Å². The molecule has 0 fully saturated rings. The Kier molecular flexibility index (Phi) is 24.4. The molecule has 128 valence electrons. The number of rotatable bonds is 6. The van der Waals surface area contributed by atoms with Crippen molar-refractivity contribution in [3.63, 3.8) is 0 Å². The van der Waals surface area contributed by atoms with E-state index in [0.29, 0.717) is 0 Å². The molecule has 6 nitrogen and oxygen atoms in total. The molecule has 0 saturated heterocycles. The first-order valence-corrected chi connectivity index (χ1v) is 6.35. The number of carbonyl (C=O) groups is 6. The Balaban J connectivity index is -0.000000108. The van der Waals surface area contributed by atoms with Crippen LogP contribution in [0, 0.1) is 37.7 Å². The van der Waals surface area contributed by atoms with Crippen molar-refractivity contribution in [2.24, 2.45) is 0 Å². The minimum absolute atomic E-state index is 0. The molecular weight excluding hydrogens is 441 g/mol. The Morgan fingerprint density at radius 2 is 0.500 bits per heavy atom. The van der Waals surface area contributed by atoms with E-state index in [2.05, 4.69) is 0 Å². The van der Waals surface area contributed by atoms with E-state index in [1.807, 2.05) is 0 Å². The summed E-state index contributed by atoms with van der Waals surface area (Å²) in [5.41, 5.74) is 0. The average molecular weight is 465 g/mol. The smallest absolute Gasteiger partial charge is 0.300 e. The summed E-state index contributed by atoms with van der Waals surface area (Å²) < 4.78 is 0. The second-order valence-corrected chi connectivity index (χ2v) is 4.74. The third-order valence-corrected chi connectivity index (χ3v) is 1.49. The third-order valence-electron chi connectivity index (χ3n) is 1.49. The van der Waals surface area contributed by atoms with E-state index in [9.17, 15) is 28.8 Å². The third kappa shape index (κ3) is 50.6. The van der Waals surface area contributed by atoms with Gasteiger partial charge in [0.25, 0.3) is 0 Å². The summed E-state index contributed by atoms with van der Waals surface area (Å²) in [5.74, 6) is -0.375. The van der Waals surface area contributed by atoms with Gasteiger partial charge in [0.05, 0.1) is 19.3 Å². The molecule has 0 heterocycles. The van der Waals surface area contributed by atoms with Crippen LogP contribution in [-0.2, 0) is 28.8 Å². The van der Waals surface area contributed by atoms with Crippen LogP contribution in [0.5, 0.6) is 0 Å². The SMILES string of the molecule is CC(=O)CC(C)=O.CC(=O)CC(C)=O.CC(=O)CC(C)=O.[Ho+3]. The molecule has 0 atom stereocenters. The molecule has 0 rings (SSSR count). The predicted molar refractivity (Wildman–Crippen MR) is 77.9 cm³/mol. The molecule has 0 aromatic heterocycles. The van der Waals surface area contributed by atoms with Gasteiger partial charge in [0.15, 0.2) is 0 Å². The molecule has 0 unspecified atom stereocenters. The molecule has 0 aliphatic heterocycles. The second kappa shape index (κ2) is 18.3. The molecule has 0 N–H and O–H groups in total. The summed E-state index contributed by atoms with van der Waals surface area (Å²) in [6.45, 7) is 8.42. The normalized spacial score (nSPS) is 7.91. The molecule has 0 saturated carbocycles. The van der Waals surface area contributed by atoms with Gasteiger partial charge in [-0.2, -0.15) is 0 Å². The van der Waals surface area contributed by atoms with Gasteiger partial charge in [-0.05, 0) is 41.5 Å². The fraction of sp³-hybridized carbons (Fsp3) is 0.600. The molecule has 0 bridgehead atoms. The molecular formula is C15H24HoO6+3. The largest absolute Gasteiger partial charge is 3.00 e. The monoisotopic (exact) mass is 465 g/mol. The van der Waals surface area contributed by atoms with Crippen molar-refractivity contribution in [3.05, 3.63) is 0 Å². The van der Waals surface area contributed by atoms with Crippen molar-refractivity contribution in [1.82, 2.24) is 0 Å². The maximum Gasteiger partial charge on any atom is 3.00 e. The van der Waals surface area contributed by atoms with Crippen LogP contribution < -0.4 is 0 Å². The quantitative estimate of drug-likeness (QED) is 0.437. The Labute approximate surface area is 161 Å². The van der Waals surface area contributed by atoms with Crippen molar-refractivity contribution in [2.75, 3.05) is 0 Å². The van der Waals surface area contributed by atoms with Crippen LogP contribution in [-0.4, -0.2) is 34.7 Å². The van der Waals surface area contributed by atoms with Crippen LogP contribution in [0.25, 0.3) is 0 Å². The summed E-state index contributed by atoms with van der Waals surface area (Å²) >= 11 is 0. The van der Waals surface area contributed by atoms with E-state index in [1.54, 1.807) is 0 Å². The van der Waals surface area contributed by atoms with E-state index in [1.165, 1.54) is 41.5 Å². The summed E-state index contributed by atoms with van der Waals surface area (Å²) in [4.78, 5) is 60.2. The van der Waals surface area contributed by atoms with E-state index in [-0.39, 0.29) is 91.7 Å². The Morgan fingerprint density at radius 1 is 0.409 bits per heavy atom. The van der Waals surface area contributed by atoms with Crippen LogP contribution in [0.1, 0.15) is 60.8 Å². The predicted octanol–water partition coefficient (Wildman–Crippen LogP) is 1.66. The molecule has 0 aliphatic rings. The molecule has 0 amide bonds. The summed E-state index contributed by atoms with van der Waals surface area (Å²) in [6, 6.07) is 0. The number of hydrogen-bond acceptors (Lipinski definition) is 6. The number of Topliss-reactive ketones (excluding diaryl/α,β-unsaturated/α-hetero) is 6. The fourth-order valence-corrected chi connectivity index (χ4v) is 1.05. The van der Waals surface area contributed by atoms with Gasteiger partial charge in [-0.15, -0.1) is 0 Å². The van der Waals surface area contributed by atoms with Crippen molar-refractivity contribution in [1.29, 1.82) is 0 Å². The standard InChI is InChI=1S/3C5H8O2.Ho/c3*1-4(6)3-5(2)7;/h3*3H2,1-2H3;/q;;;+3. The Hall–Kier alpha value is -0.720. The first-order valence-electron chi connectivity index (χ1n) is 6.35. The first kappa shape index (κ1) is 29.3. The summed E-state index contributed by atoms with van der Waals surface area (Å²) in [5, 5.41) is 0.